The molecule has 0 amide bonds. The van der Waals surface area contributed by atoms with Crippen LogP contribution in [0, 0.1) is 65.6 Å². The van der Waals surface area contributed by atoms with Gasteiger partial charge in [-0.25, -0.2) is 0 Å². The van der Waals surface area contributed by atoms with Gasteiger partial charge in [-0.1, -0.05) is 0 Å². The average Bonchev–Trinajstić information content (AvgIpc) is 2.82. The molecule has 1 heterocycles. The van der Waals surface area contributed by atoms with Crippen molar-refractivity contribution in [1.82, 2.24) is 0 Å². The second-order valence-electron chi connectivity index (χ2n) is 6.71. The van der Waals surface area contributed by atoms with Gasteiger partial charge in [0.1, 0.15) is 35.7 Å². The van der Waals surface area contributed by atoms with Crippen LogP contribution in [0.1, 0.15) is 22.3 Å². The van der Waals surface area contributed by atoms with Crippen LogP contribution >= 0.6 is 0 Å². The Morgan fingerprint density at radius 3 is 1.16 bits per heavy atom. The standard InChI is InChI=1S/C20H12N8O4/c21-9-13-5-17(19(27(29)30)7-15(13)11-23)25-1-2-26(4-3-25)18-6-14(10-22)16(12-24)8-20(18)28(31)32/h5-8H,1-4H2. The number of nitriles is 4. The summed E-state index contributed by atoms with van der Waals surface area (Å²) in [7, 11) is 0. The molecule has 0 saturated carbocycles. The van der Waals surface area contributed by atoms with Crippen molar-refractivity contribution >= 4 is 22.7 Å². The highest BCUT2D eigenvalue weighted by Crippen LogP contribution is 2.35. The molecule has 1 aliphatic rings. The minimum absolute atomic E-state index is 0.0110. The van der Waals surface area contributed by atoms with E-state index in [2.05, 4.69) is 0 Å². The average molecular weight is 428 g/mol. The summed E-state index contributed by atoms with van der Waals surface area (Å²) in [5.41, 5.74) is -0.448. The van der Waals surface area contributed by atoms with Gasteiger partial charge in [0.2, 0.25) is 0 Å². The Bertz CT molecular complexity index is 1200. The second kappa shape index (κ2) is 8.66. The summed E-state index contributed by atoms with van der Waals surface area (Å²) in [6.07, 6.45) is 0. The second-order valence-corrected chi connectivity index (χ2v) is 6.71. The molecule has 156 valence electrons. The number of benzene rings is 2. The Labute approximate surface area is 181 Å². The molecule has 0 N–H and O–H groups in total. The maximum Gasteiger partial charge on any atom is 0.293 e. The van der Waals surface area contributed by atoms with Crippen molar-refractivity contribution in [2.24, 2.45) is 0 Å². The van der Waals surface area contributed by atoms with Crippen molar-refractivity contribution in [3.05, 3.63) is 66.7 Å². The van der Waals surface area contributed by atoms with E-state index in [0.29, 0.717) is 0 Å². The lowest BCUT2D eigenvalue weighted by Crippen LogP contribution is -2.47. The molecule has 0 atom stereocenters. The van der Waals surface area contributed by atoms with Gasteiger partial charge in [-0.15, -0.1) is 0 Å². The van der Waals surface area contributed by atoms with Crippen LogP contribution in [0.2, 0.25) is 0 Å². The minimum Gasteiger partial charge on any atom is -0.362 e. The highest BCUT2D eigenvalue weighted by Gasteiger charge is 2.29. The zero-order chi connectivity index (χ0) is 23.4. The molecule has 2 aromatic carbocycles. The quantitative estimate of drug-likeness (QED) is 0.516. The van der Waals surface area contributed by atoms with E-state index in [1.165, 1.54) is 12.1 Å². The Morgan fingerprint density at radius 1 is 0.625 bits per heavy atom. The molecule has 0 unspecified atom stereocenters. The van der Waals surface area contributed by atoms with Crippen molar-refractivity contribution < 1.29 is 9.85 Å². The van der Waals surface area contributed by atoms with Crippen LogP contribution in [0.25, 0.3) is 0 Å². The summed E-state index contributed by atoms with van der Waals surface area (Å²) in [5.74, 6) is 0. The molecular weight excluding hydrogens is 416 g/mol. The minimum atomic E-state index is -0.631. The van der Waals surface area contributed by atoms with Gasteiger partial charge in [0.25, 0.3) is 11.4 Å². The van der Waals surface area contributed by atoms with Gasteiger partial charge in [0.05, 0.1) is 32.1 Å². The van der Waals surface area contributed by atoms with Crippen molar-refractivity contribution in [2.45, 2.75) is 0 Å². The first-order valence-corrected chi connectivity index (χ1v) is 9.09. The van der Waals surface area contributed by atoms with Crippen molar-refractivity contribution in [3.63, 3.8) is 0 Å². The van der Waals surface area contributed by atoms with E-state index < -0.39 is 9.85 Å². The number of piperazine rings is 1. The van der Waals surface area contributed by atoms with Crippen LogP contribution in [-0.2, 0) is 0 Å². The molecule has 0 spiro atoms. The molecule has 1 saturated heterocycles. The van der Waals surface area contributed by atoms with Crippen LogP contribution in [0.15, 0.2) is 24.3 Å². The van der Waals surface area contributed by atoms with E-state index in [-0.39, 0.29) is 71.2 Å². The third-order valence-corrected chi connectivity index (χ3v) is 5.07. The van der Waals surface area contributed by atoms with Crippen molar-refractivity contribution in [2.75, 3.05) is 36.0 Å². The van der Waals surface area contributed by atoms with Crippen molar-refractivity contribution in [3.8, 4) is 24.3 Å². The predicted octanol–water partition coefficient (Wildman–Crippen LogP) is 2.32. The van der Waals surface area contributed by atoms with Crippen LogP contribution < -0.4 is 9.80 Å². The zero-order valence-electron chi connectivity index (χ0n) is 16.3. The van der Waals surface area contributed by atoms with Gasteiger partial charge < -0.3 is 9.80 Å². The van der Waals surface area contributed by atoms with Crippen molar-refractivity contribution in [1.29, 1.82) is 21.0 Å². The number of nitro benzene ring substituents is 2. The highest BCUT2D eigenvalue weighted by molar-refractivity contribution is 5.72. The van der Waals surface area contributed by atoms with Gasteiger partial charge in [-0.2, -0.15) is 21.0 Å². The molecule has 12 nitrogen and oxygen atoms in total. The van der Waals surface area contributed by atoms with Gasteiger partial charge in [-0.3, -0.25) is 20.2 Å². The topological polar surface area (TPSA) is 188 Å². The monoisotopic (exact) mass is 428 g/mol. The first kappa shape index (κ1) is 21.5. The van der Waals surface area contributed by atoms with Crippen LogP contribution in [0.5, 0.6) is 0 Å². The SMILES string of the molecule is N#Cc1cc(N2CCN(c3cc(C#N)c(C#N)cc3[N+](=O)[O-])CC2)c([N+](=O)[O-])cc1C#N. The molecule has 32 heavy (non-hydrogen) atoms. The lowest BCUT2D eigenvalue weighted by molar-refractivity contribution is -0.384. The van der Waals surface area contributed by atoms with E-state index in [4.69, 9.17) is 10.5 Å². The van der Waals surface area contributed by atoms with Gasteiger partial charge >= 0.3 is 0 Å². The first-order chi connectivity index (χ1) is 15.3. The van der Waals surface area contributed by atoms with E-state index in [1.807, 2.05) is 12.1 Å². The molecule has 2 aromatic rings. The fraction of sp³-hybridized carbons (Fsp3) is 0.200. The number of hydrogen-bond donors (Lipinski definition) is 0. The van der Waals surface area contributed by atoms with E-state index in [9.17, 15) is 30.8 Å². The molecular formula is C20H12N8O4. The molecule has 3 rings (SSSR count). The van der Waals surface area contributed by atoms with Gasteiger partial charge in [0.15, 0.2) is 0 Å². The third kappa shape index (κ3) is 3.80. The Kier molecular flexibility index (Phi) is 5.82. The Balaban J connectivity index is 1.95. The lowest BCUT2D eigenvalue weighted by atomic mass is 10.0. The number of rotatable bonds is 4. The van der Waals surface area contributed by atoms with Crippen LogP contribution in [-0.4, -0.2) is 36.0 Å². The number of nitrogens with zero attached hydrogens (tertiary/aromatic N) is 8. The highest BCUT2D eigenvalue weighted by atomic mass is 16.6. The molecule has 1 fully saturated rings. The smallest absolute Gasteiger partial charge is 0.293 e. The van der Waals surface area contributed by atoms with Crippen LogP contribution in [0.4, 0.5) is 22.7 Å². The fourth-order valence-electron chi connectivity index (χ4n) is 3.51. The molecule has 12 heteroatoms. The number of nitro groups is 2. The molecule has 0 radical (unpaired) electrons. The third-order valence-electron chi connectivity index (χ3n) is 5.07. The first-order valence-electron chi connectivity index (χ1n) is 9.09. The fourth-order valence-corrected chi connectivity index (χ4v) is 3.51. The maximum absolute atomic E-state index is 11.5. The number of anilines is 2. The summed E-state index contributed by atoms with van der Waals surface area (Å²) >= 11 is 0. The van der Waals surface area contributed by atoms with Gasteiger partial charge in [-0.05, 0) is 12.1 Å². The van der Waals surface area contributed by atoms with E-state index in [0.717, 1.165) is 12.1 Å². The zero-order valence-corrected chi connectivity index (χ0v) is 16.3. The predicted molar refractivity (Wildman–Crippen MR) is 109 cm³/mol. The molecule has 0 aliphatic carbocycles. The number of hydrogen-bond acceptors (Lipinski definition) is 10. The lowest BCUT2D eigenvalue weighted by Gasteiger charge is -2.37. The summed E-state index contributed by atoms with van der Waals surface area (Å²) in [6, 6.07) is 12.0. The molecule has 1 aliphatic heterocycles. The van der Waals surface area contributed by atoms with E-state index in [1.54, 1.807) is 21.9 Å². The molecule has 0 bridgehead atoms. The molecule has 0 aromatic heterocycles. The van der Waals surface area contributed by atoms with Gasteiger partial charge in [0, 0.05) is 38.3 Å². The summed E-state index contributed by atoms with van der Waals surface area (Å²) in [4.78, 5) is 25.1. The summed E-state index contributed by atoms with van der Waals surface area (Å²) in [5, 5.41) is 59.8. The Hall–Kier alpha value is -5.20. The summed E-state index contributed by atoms with van der Waals surface area (Å²) in [6.45, 7) is 0.931. The van der Waals surface area contributed by atoms with E-state index >= 15 is 0 Å². The Morgan fingerprint density at radius 2 is 0.906 bits per heavy atom. The maximum atomic E-state index is 11.5. The largest absolute Gasteiger partial charge is 0.362 e. The normalized spacial score (nSPS) is 12.8. The summed E-state index contributed by atoms with van der Waals surface area (Å²) < 4.78 is 0. The van der Waals surface area contributed by atoms with Crippen LogP contribution in [0.3, 0.4) is 0 Å².